The number of carboxylic acids is 1. The molecule has 146 valence electrons. The molecule has 0 saturated heterocycles. The lowest BCUT2D eigenvalue weighted by molar-refractivity contribution is -0.144. The first kappa shape index (κ1) is 20.5. The Balaban J connectivity index is 2.47. The number of carbonyl (C=O) groups is 3. The van der Waals surface area contributed by atoms with Crippen molar-refractivity contribution in [2.24, 2.45) is 5.92 Å². The van der Waals surface area contributed by atoms with Gasteiger partial charge in [-0.25, -0.2) is 9.59 Å². The lowest BCUT2D eigenvalue weighted by atomic mass is 9.89. The predicted octanol–water partition coefficient (Wildman–Crippen LogP) is 3.06. The fourth-order valence-corrected chi connectivity index (χ4v) is 3.42. The Bertz CT molecular complexity index is 820. The van der Waals surface area contributed by atoms with Crippen LogP contribution in [0.15, 0.2) is 11.6 Å². The van der Waals surface area contributed by atoms with Gasteiger partial charge in [-0.1, -0.05) is 18.6 Å². The van der Waals surface area contributed by atoms with E-state index in [1.54, 1.807) is 13.8 Å². The zero-order chi connectivity index (χ0) is 20.3. The van der Waals surface area contributed by atoms with Crippen LogP contribution in [-0.4, -0.2) is 37.2 Å². The van der Waals surface area contributed by atoms with Gasteiger partial charge in [-0.15, -0.1) is 0 Å². The summed E-state index contributed by atoms with van der Waals surface area (Å²) >= 11 is 0. The Hall–Kier alpha value is -2.83. The topological polar surface area (TPSA) is 99.1 Å². The number of carboxylic acid groups (broad SMARTS) is 1. The van der Waals surface area contributed by atoms with E-state index in [2.05, 4.69) is 0 Å². The third-order valence-electron chi connectivity index (χ3n) is 4.78. The number of allylic oxidation sites excluding steroid dienone is 2. The molecule has 0 saturated carbocycles. The maximum absolute atomic E-state index is 12.1. The monoisotopic (exact) mass is 376 g/mol. The lowest BCUT2D eigenvalue weighted by Gasteiger charge is -2.17. The van der Waals surface area contributed by atoms with E-state index in [9.17, 15) is 19.5 Å². The second-order valence-corrected chi connectivity index (χ2v) is 6.63. The number of benzene rings is 1. The van der Waals surface area contributed by atoms with Crippen molar-refractivity contribution in [1.82, 2.24) is 0 Å². The molecule has 0 fully saturated rings. The van der Waals surface area contributed by atoms with E-state index in [0.717, 1.165) is 5.57 Å². The molecule has 1 aromatic rings. The highest BCUT2D eigenvalue weighted by Crippen LogP contribution is 2.38. The fourth-order valence-electron chi connectivity index (χ4n) is 3.42. The molecule has 7 nitrogen and oxygen atoms in total. The highest BCUT2D eigenvalue weighted by atomic mass is 16.5. The van der Waals surface area contributed by atoms with Gasteiger partial charge in [-0.05, 0) is 32.3 Å². The van der Waals surface area contributed by atoms with Gasteiger partial charge in [0.2, 0.25) is 0 Å². The summed E-state index contributed by atoms with van der Waals surface area (Å²) in [5.74, 6) is -2.00. The van der Waals surface area contributed by atoms with Crippen LogP contribution >= 0.6 is 0 Å². The maximum Gasteiger partial charge on any atom is 0.339 e. The van der Waals surface area contributed by atoms with Crippen LogP contribution in [0.5, 0.6) is 5.75 Å². The standard InChI is InChI=1S/C20H24O7/c1-10(8-11(2)19(23)26-5)6-7-13-15(18(21)22)16-14(9-27-20(16)24)12(3)17(13)25-4/h6,11H,7-9H2,1-5H3,(H,21,22)/b10-6+/t11-/m0/s1. The number of hydrogen-bond donors (Lipinski definition) is 1. The first-order valence-electron chi connectivity index (χ1n) is 8.59. The maximum atomic E-state index is 12.1. The molecule has 0 aliphatic carbocycles. The van der Waals surface area contributed by atoms with E-state index in [1.807, 2.05) is 13.0 Å². The third-order valence-corrected chi connectivity index (χ3v) is 4.78. The van der Waals surface area contributed by atoms with Crippen molar-refractivity contribution < 1.29 is 33.7 Å². The highest BCUT2D eigenvalue weighted by molar-refractivity contribution is 6.07. The highest BCUT2D eigenvalue weighted by Gasteiger charge is 2.34. The minimum absolute atomic E-state index is 0.0441. The number of esters is 2. The Morgan fingerprint density at radius 1 is 1.33 bits per heavy atom. The zero-order valence-corrected chi connectivity index (χ0v) is 16.2. The number of carbonyl (C=O) groups excluding carboxylic acids is 2. The van der Waals surface area contributed by atoms with Crippen LogP contribution in [-0.2, 0) is 27.3 Å². The van der Waals surface area contributed by atoms with E-state index < -0.39 is 11.9 Å². The van der Waals surface area contributed by atoms with Crippen LogP contribution < -0.4 is 4.74 Å². The number of cyclic esters (lactones) is 1. The largest absolute Gasteiger partial charge is 0.496 e. The molecule has 2 rings (SSSR count). The summed E-state index contributed by atoms with van der Waals surface area (Å²) in [5, 5.41) is 9.73. The molecule has 0 bridgehead atoms. The second-order valence-electron chi connectivity index (χ2n) is 6.63. The quantitative estimate of drug-likeness (QED) is 0.577. The molecule has 1 N–H and O–H groups in total. The second kappa shape index (κ2) is 8.24. The van der Waals surface area contributed by atoms with Crippen LogP contribution in [0.3, 0.4) is 0 Å². The van der Waals surface area contributed by atoms with Crippen LogP contribution in [0.4, 0.5) is 0 Å². The molecule has 0 amide bonds. The van der Waals surface area contributed by atoms with Crippen LogP contribution in [0.2, 0.25) is 0 Å². The Morgan fingerprint density at radius 2 is 2.00 bits per heavy atom. The average molecular weight is 376 g/mol. The third kappa shape index (κ3) is 3.97. The summed E-state index contributed by atoms with van der Waals surface area (Å²) in [4.78, 5) is 35.6. The first-order valence-corrected chi connectivity index (χ1v) is 8.59. The first-order chi connectivity index (χ1) is 12.7. The smallest absolute Gasteiger partial charge is 0.339 e. The van der Waals surface area contributed by atoms with Gasteiger partial charge in [0.25, 0.3) is 0 Å². The normalized spacial score (nSPS) is 14.4. The molecule has 27 heavy (non-hydrogen) atoms. The van der Waals surface area contributed by atoms with Crippen LogP contribution in [0.25, 0.3) is 0 Å². The summed E-state index contributed by atoms with van der Waals surface area (Å²) < 4.78 is 15.2. The van der Waals surface area contributed by atoms with Crippen LogP contribution in [0.1, 0.15) is 57.7 Å². The van der Waals surface area contributed by atoms with E-state index in [-0.39, 0.29) is 36.0 Å². The van der Waals surface area contributed by atoms with Crippen LogP contribution in [0, 0.1) is 12.8 Å². The van der Waals surface area contributed by atoms with Crippen molar-refractivity contribution in [2.45, 2.75) is 40.2 Å². The summed E-state index contributed by atoms with van der Waals surface area (Å²) in [7, 11) is 2.81. The molecule has 0 aromatic heterocycles. The summed E-state index contributed by atoms with van der Waals surface area (Å²) in [6.07, 6.45) is 2.59. The number of aromatic carboxylic acids is 1. The molecule has 1 aliphatic rings. The van der Waals surface area contributed by atoms with Gasteiger partial charge in [-0.3, -0.25) is 4.79 Å². The van der Waals surface area contributed by atoms with Gasteiger partial charge < -0.3 is 19.3 Å². The molecule has 1 aliphatic heterocycles. The molecule has 0 spiro atoms. The number of hydrogen-bond acceptors (Lipinski definition) is 6. The van der Waals surface area contributed by atoms with Gasteiger partial charge in [0, 0.05) is 11.1 Å². The zero-order valence-electron chi connectivity index (χ0n) is 16.2. The Morgan fingerprint density at radius 3 is 2.56 bits per heavy atom. The van der Waals surface area contributed by atoms with Crippen molar-refractivity contribution in [3.63, 3.8) is 0 Å². The van der Waals surface area contributed by atoms with Gasteiger partial charge in [0.15, 0.2) is 0 Å². The number of rotatable bonds is 7. The molecule has 0 unspecified atom stereocenters. The minimum atomic E-state index is -1.20. The summed E-state index contributed by atoms with van der Waals surface area (Å²) in [6, 6.07) is 0. The molecule has 1 heterocycles. The number of methoxy groups -OCH3 is 2. The van der Waals surface area contributed by atoms with Gasteiger partial charge in [0.05, 0.1) is 31.3 Å². The van der Waals surface area contributed by atoms with Crippen molar-refractivity contribution in [1.29, 1.82) is 0 Å². The molecular weight excluding hydrogens is 352 g/mol. The van der Waals surface area contributed by atoms with Gasteiger partial charge in [0.1, 0.15) is 12.4 Å². The van der Waals surface area contributed by atoms with Gasteiger partial charge in [-0.2, -0.15) is 0 Å². The van der Waals surface area contributed by atoms with Gasteiger partial charge >= 0.3 is 17.9 Å². The SMILES string of the molecule is COC(=O)[C@@H](C)C/C(C)=C/Cc1c(OC)c(C)c2c(c1C(=O)O)C(=O)OC2. The molecule has 1 atom stereocenters. The van der Waals surface area contributed by atoms with E-state index in [0.29, 0.717) is 28.9 Å². The number of ether oxygens (including phenoxy) is 3. The Kier molecular flexibility index (Phi) is 6.25. The summed E-state index contributed by atoms with van der Waals surface area (Å²) in [5.41, 5.74) is 2.60. The summed E-state index contributed by atoms with van der Waals surface area (Å²) in [6.45, 7) is 5.45. The lowest BCUT2D eigenvalue weighted by Crippen LogP contribution is -2.14. The van der Waals surface area contributed by atoms with Crippen molar-refractivity contribution >= 4 is 17.9 Å². The van der Waals surface area contributed by atoms with E-state index in [1.165, 1.54) is 14.2 Å². The number of fused-ring (bicyclic) bond motifs is 1. The van der Waals surface area contributed by atoms with E-state index >= 15 is 0 Å². The molecule has 7 heteroatoms. The molecule has 1 aromatic carbocycles. The van der Waals surface area contributed by atoms with Crippen molar-refractivity contribution in [2.75, 3.05) is 14.2 Å². The van der Waals surface area contributed by atoms with E-state index in [4.69, 9.17) is 14.2 Å². The predicted molar refractivity (Wildman–Crippen MR) is 97.1 cm³/mol. The van der Waals surface area contributed by atoms with Crippen molar-refractivity contribution in [3.8, 4) is 5.75 Å². The molecular formula is C20H24O7. The molecule has 0 radical (unpaired) electrons. The minimum Gasteiger partial charge on any atom is -0.496 e. The fraction of sp³-hybridized carbons (Fsp3) is 0.450. The Labute approximate surface area is 157 Å². The average Bonchev–Trinajstić information content (AvgIpc) is 3.00. The van der Waals surface area contributed by atoms with Crippen molar-refractivity contribution in [3.05, 3.63) is 39.5 Å².